The normalized spacial score (nSPS) is 11.0. The average Bonchev–Trinajstić information content (AvgIpc) is 2.70. The van der Waals surface area contributed by atoms with E-state index in [0.717, 1.165) is 0 Å². The summed E-state index contributed by atoms with van der Waals surface area (Å²) in [6, 6.07) is 4.92. The molecule has 0 saturated carbocycles. The number of carbonyl (C=O) groups is 1. The molecule has 19 heavy (non-hydrogen) atoms. The molecule has 0 aliphatic rings. The maximum absolute atomic E-state index is 14.0. The fourth-order valence-corrected chi connectivity index (χ4v) is 2.04. The maximum atomic E-state index is 14.0. The van der Waals surface area contributed by atoms with Crippen molar-refractivity contribution in [2.75, 3.05) is 0 Å². The monoisotopic (exact) mass is 261 g/mol. The third kappa shape index (κ3) is 2.50. The third-order valence-corrected chi connectivity index (χ3v) is 3.00. The highest BCUT2D eigenvalue weighted by molar-refractivity contribution is 5.97. The quantitative estimate of drug-likeness (QED) is 0.922. The standard InChI is InChI=1S/C14H16FN3O/c1-8(2)10-5-4-9(6-12(10)15)11-7-18(3)17-13(11)14(16)19/h4-8H,1-3H3,(H2,16,19). The Balaban J connectivity index is 2.54. The van der Waals surface area contributed by atoms with Crippen molar-refractivity contribution in [1.82, 2.24) is 9.78 Å². The van der Waals surface area contributed by atoms with Gasteiger partial charge in [0.05, 0.1) is 0 Å². The van der Waals surface area contributed by atoms with E-state index < -0.39 is 5.91 Å². The van der Waals surface area contributed by atoms with Crippen molar-refractivity contribution in [1.29, 1.82) is 0 Å². The van der Waals surface area contributed by atoms with Gasteiger partial charge in [-0.1, -0.05) is 26.0 Å². The number of carbonyl (C=O) groups excluding carboxylic acids is 1. The first-order valence-electron chi connectivity index (χ1n) is 6.03. The number of benzene rings is 1. The largest absolute Gasteiger partial charge is 0.364 e. The van der Waals surface area contributed by atoms with Gasteiger partial charge in [0.2, 0.25) is 0 Å². The fourth-order valence-electron chi connectivity index (χ4n) is 2.04. The number of rotatable bonds is 3. The van der Waals surface area contributed by atoms with Gasteiger partial charge in [-0.15, -0.1) is 0 Å². The van der Waals surface area contributed by atoms with Crippen molar-refractivity contribution in [3.63, 3.8) is 0 Å². The minimum atomic E-state index is -0.621. The van der Waals surface area contributed by atoms with Crippen molar-refractivity contribution >= 4 is 5.91 Å². The predicted molar refractivity (Wildman–Crippen MR) is 71.2 cm³/mol. The van der Waals surface area contributed by atoms with E-state index in [1.54, 1.807) is 25.4 Å². The van der Waals surface area contributed by atoms with Gasteiger partial charge >= 0.3 is 0 Å². The van der Waals surface area contributed by atoms with Crippen LogP contribution in [-0.2, 0) is 7.05 Å². The van der Waals surface area contributed by atoms with Crippen LogP contribution in [0.15, 0.2) is 24.4 Å². The molecule has 100 valence electrons. The summed E-state index contributed by atoms with van der Waals surface area (Å²) in [5, 5.41) is 3.99. The maximum Gasteiger partial charge on any atom is 0.269 e. The van der Waals surface area contributed by atoms with Crippen LogP contribution in [0, 0.1) is 5.82 Å². The van der Waals surface area contributed by atoms with Gasteiger partial charge in [0, 0.05) is 18.8 Å². The molecule has 0 aliphatic heterocycles. The van der Waals surface area contributed by atoms with Crippen LogP contribution >= 0.6 is 0 Å². The van der Waals surface area contributed by atoms with E-state index in [0.29, 0.717) is 16.7 Å². The van der Waals surface area contributed by atoms with Crippen molar-refractivity contribution in [2.45, 2.75) is 19.8 Å². The third-order valence-electron chi connectivity index (χ3n) is 3.00. The summed E-state index contributed by atoms with van der Waals surface area (Å²) in [5.74, 6) is -0.797. The zero-order valence-electron chi connectivity index (χ0n) is 11.1. The zero-order valence-corrected chi connectivity index (χ0v) is 11.1. The number of aryl methyl sites for hydroxylation is 1. The van der Waals surface area contributed by atoms with Crippen LogP contribution in [0.4, 0.5) is 4.39 Å². The topological polar surface area (TPSA) is 60.9 Å². The van der Waals surface area contributed by atoms with Crippen molar-refractivity contribution in [3.05, 3.63) is 41.5 Å². The molecule has 1 heterocycles. The molecule has 0 unspecified atom stereocenters. The molecule has 0 fully saturated rings. The molecular weight excluding hydrogens is 245 g/mol. The summed E-state index contributed by atoms with van der Waals surface area (Å²) < 4.78 is 15.5. The average molecular weight is 261 g/mol. The van der Waals surface area contributed by atoms with E-state index in [2.05, 4.69) is 5.10 Å². The molecule has 0 spiro atoms. The molecule has 0 atom stereocenters. The van der Waals surface area contributed by atoms with E-state index >= 15 is 0 Å². The summed E-state index contributed by atoms with van der Waals surface area (Å²) in [4.78, 5) is 11.3. The molecule has 2 N–H and O–H groups in total. The Morgan fingerprint density at radius 2 is 2.11 bits per heavy atom. The van der Waals surface area contributed by atoms with Crippen molar-refractivity contribution in [2.24, 2.45) is 12.8 Å². The number of amides is 1. The highest BCUT2D eigenvalue weighted by Crippen LogP contribution is 2.27. The molecule has 0 radical (unpaired) electrons. The molecule has 2 rings (SSSR count). The lowest BCUT2D eigenvalue weighted by molar-refractivity contribution is 0.0995. The lowest BCUT2D eigenvalue weighted by Crippen LogP contribution is -2.13. The first-order chi connectivity index (χ1) is 8.90. The van der Waals surface area contributed by atoms with Gasteiger partial charge in [0.25, 0.3) is 5.91 Å². The van der Waals surface area contributed by atoms with Crippen LogP contribution in [0.25, 0.3) is 11.1 Å². The number of hydrogen-bond acceptors (Lipinski definition) is 2. The van der Waals surface area contributed by atoms with Gasteiger partial charge in [-0.05, 0) is 23.1 Å². The van der Waals surface area contributed by atoms with E-state index in [-0.39, 0.29) is 17.4 Å². The predicted octanol–water partition coefficient (Wildman–Crippen LogP) is 2.45. The Kier molecular flexibility index (Phi) is 3.38. The Morgan fingerprint density at radius 3 is 2.63 bits per heavy atom. The molecule has 0 aliphatic carbocycles. The fraction of sp³-hybridized carbons (Fsp3) is 0.286. The van der Waals surface area contributed by atoms with Crippen LogP contribution in [0.3, 0.4) is 0 Å². The second kappa shape index (κ2) is 4.84. The second-order valence-corrected chi connectivity index (χ2v) is 4.82. The molecule has 0 bridgehead atoms. The zero-order chi connectivity index (χ0) is 14.2. The Labute approximate surface area is 111 Å². The van der Waals surface area contributed by atoms with Crippen LogP contribution in [0.1, 0.15) is 35.8 Å². The molecular formula is C14H16FN3O. The molecule has 1 aromatic carbocycles. The molecule has 5 heteroatoms. The van der Waals surface area contributed by atoms with Crippen LogP contribution < -0.4 is 5.73 Å². The van der Waals surface area contributed by atoms with Gasteiger partial charge in [0.15, 0.2) is 5.69 Å². The van der Waals surface area contributed by atoms with E-state index in [1.165, 1.54) is 10.7 Å². The number of nitrogens with zero attached hydrogens (tertiary/aromatic N) is 2. The van der Waals surface area contributed by atoms with Crippen molar-refractivity contribution in [3.8, 4) is 11.1 Å². The first-order valence-corrected chi connectivity index (χ1v) is 6.03. The number of primary amides is 1. The SMILES string of the molecule is CC(C)c1ccc(-c2cn(C)nc2C(N)=O)cc1F. The number of aromatic nitrogens is 2. The summed E-state index contributed by atoms with van der Waals surface area (Å²) >= 11 is 0. The smallest absolute Gasteiger partial charge is 0.269 e. The van der Waals surface area contributed by atoms with Crippen LogP contribution in [0.5, 0.6) is 0 Å². The van der Waals surface area contributed by atoms with Gasteiger partial charge in [-0.25, -0.2) is 4.39 Å². The van der Waals surface area contributed by atoms with Gasteiger partial charge in [0.1, 0.15) is 5.82 Å². The minimum Gasteiger partial charge on any atom is -0.364 e. The number of halogens is 1. The van der Waals surface area contributed by atoms with E-state index in [4.69, 9.17) is 5.73 Å². The highest BCUT2D eigenvalue weighted by Gasteiger charge is 2.16. The van der Waals surface area contributed by atoms with Crippen LogP contribution in [-0.4, -0.2) is 15.7 Å². The minimum absolute atomic E-state index is 0.110. The Hall–Kier alpha value is -2.17. The first kappa shape index (κ1) is 13.3. The summed E-state index contributed by atoms with van der Waals surface area (Å²) in [5.41, 5.74) is 7.22. The van der Waals surface area contributed by atoms with E-state index in [1.807, 2.05) is 13.8 Å². The summed E-state index contributed by atoms with van der Waals surface area (Å²) in [7, 11) is 1.69. The highest BCUT2D eigenvalue weighted by atomic mass is 19.1. The molecule has 1 amide bonds. The van der Waals surface area contributed by atoms with Gasteiger partial charge in [-0.3, -0.25) is 9.48 Å². The Morgan fingerprint density at radius 1 is 1.42 bits per heavy atom. The molecule has 1 aromatic heterocycles. The Bertz CT molecular complexity index is 632. The van der Waals surface area contributed by atoms with Crippen LogP contribution in [0.2, 0.25) is 0 Å². The lowest BCUT2D eigenvalue weighted by atomic mass is 9.98. The second-order valence-electron chi connectivity index (χ2n) is 4.82. The molecule has 0 saturated heterocycles. The van der Waals surface area contributed by atoms with Crippen molar-refractivity contribution < 1.29 is 9.18 Å². The number of nitrogens with two attached hydrogens (primary N) is 1. The van der Waals surface area contributed by atoms with Gasteiger partial charge < -0.3 is 5.73 Å². The number of hydrogen-bond donors (Lipinski definition) is 1. The molecule has 2 aromatic rings. The summed E-state index contributed by atoms with van der Waals surface area (Å²) in [6.07, 6.45) is 1.66. The van der Waals surface area contributed by atoms with Gasteiger partial charge in [-0.2, -0.15) is 5.10 Å². The lowest BCUT2D eigenvalue weighted by Gasteiger charge is -2.08. The summed E-state index contributed by atoms with van der Waals surface area (Å²) in [6.45, 7) is 3.86. The molecule has 4 nitrogen and oxygen atoms in total. The van der Waals surface area contributed by atoms with E-state index in [9.17, 15) is 9.18 Å².